The summed E-state index contributed by atoms with van der Waals surface area (Å²) in [5.41, 5.74) is 0.976. The van der Waals surface area contributed by atoms with Gasteiger partial charge < -0.3 is 10.1 Å². The summed E-state index contributed by atoms with van der Waals surface area (Å²) in [5, 5.41) is 4.77. The molecule has 3 nitrogen and oxygen atoms in total. The molecule has 3 rings (SSSR count). The molecule has 3 heteroatoms. The average Bonchev–Trinajstić information content (AvgIpc) is 2.54. The summed E-state index contributed by atoms with van der Waals surface area (Å²) in [5.74, 6) is 0.925. The Kier molecular flexibility index (Phi) is 4.71. The lowest BCUT2D eigenvalue weighted by Gasteiger charge is -2.30. The fraction of sp³-hybridized carbons (Fsp3) is 0.500. The van der Waals surface area contributed by atoms with Gasteiger partial charge in [0, 0.05) is 17.6 Å². The van der Waals surface area contributed by atoms with Crippen molar-refractivity contribution in [3.63, 3.8) is 0 Å². The summed E-state index contributed by atoms with van der Waals surface area (Å²) in [6, 6.07) is 10.8. The van der Waals surface area contributed by atoms with Crippen molar-refractivity contribution in [1.29, 1.82) is 0 Å². The Bertz CT molecular complexity index is 579. The van der Waals surface area contributed by atoms with Crippen molar-refractivity contribution in [3.8, 4) is 5.75 Å². The molecule has 0 amide bonds. The predicted molar refractivity (Wildman–Crippen MR) is 86.7 cm³/mol. The predicted octanol–water partition coefficient (Wildman–Crippen LogP) is 3.92. The Balaban J connectivity index is 1.70. The number of fused-ring (bicyclic) bond motifs is 1. The molecular formula is C18H24N2O. The van der Waals surface area contributed by atoms with E-state index < -0.39 is 0 Å². The molecule has 0 saturated heterocycles. The first-order valence-corrected chi connectivity index (χ1v) is 8.10. The molecule has 21 heavy (non-hydrogen) atoms. The molecule has 1 N–H and O–H groups in total. The SMILES string of the molecule is CCCNC1CCCC(Oc2cccc3cccnc23)C1. The van der Waals surface area contributed by atoms with Gasteiger partial charge in [0.15, 0.2) is 0 Å². The molecule has 1 aromatic carbocycles. The third kappa shape index (κ3) is 3.53. The minimum atomic E-state index is 0.306. The van der Waals surface area contributed by atoms with Gasteiger partial charge in [0.1, 0.15) is 17.4 Å². The highest BCUT2D eigenvalue weighted by Gasteiger charge is 2.23. The van der Waals surface area contributed by atoms with Crippen LogP contribution in [0.2, 0.25) is 0 Å². The van der Waals surface area contributed by atoms with Crippen LogP contribution in [0.4, 0.5) is 0 Å². The van der Waals surface area contributed by atoms with Gasteiger partial charge in [-0.3, -0.25) is 4.98 Å². The molecule has 0 radical (unpaired) electrons. The van der Waals surface area contributed by atoms with E-state index in [9.17, 15) is 0 Å². The Morgan fingerprint density at radius 3 is 3.05 bits per heavy atom. The number of ether oxygens (including phenoxy) is 1. The lowest BCUT2D eigenvalue weighted by molar-refractivity contribution is 0.136. The molecule has 1 fully saturated rings. The van der Waals surface area contributed by atoms with E-state index in [0.717, 1.165) is 36.0 Å². The summed E-state index contributed by atoms with van der Waals surface area (Å²) in [6.07, 6.45) is 8.09. The first-order chi connectivity index (χ1) is 10.4. The monoisotopic (exact) mass is 284 g/mol. The van der Waals surface area contributed by atoms with Gasteiger partial charge >= 0.3 is 0 Å². The van der Waals surface area contributed by atoms with Crippen LogP contribution in [0.3, 0.4) is 0 Å². The molecule has 0 spiro atoms. The van der Waals surface area contributed by atoms with Gasteiger partial charge in [-0.1, -0.05) is 25.1 Å². The number of para-hydroxylation sites is 1. The lowest BCUT2D eigenvalue weighted by atomic mass is 9.92. The Morgan fingerprint density at radius 1 is 1.24 bits per heavy atom. The maximum atomic E-state index is 6.28. The lowest BCUT2D eigenvalue weighted by Crippen LogP contribution is -2.38. The third-order valence-electron chi connectivity index (χ3n) is 4.20. The molecule has 0 bridgehead atoms. The average molecular weight is 284 g/mol. The molecule has 1 aliphatic rings. The van der Waals surface area contributed by atoms with Crippen molar-refractivity contribution >= 4 is 10.9 Å². The van der Waals surface area contributed by atoms with Gasteiger partial charge in [-0.15, -0.1) is 0 Å². The Hall–Kier alpha value is -1.61. The van der Waals surface area contributed by atoms with Gasteiger partial charge in [-0.25, -0.2) is 0 Å². The molecule has 2 unspecified atom stereocenters. The topological polar surface area (TPSA) is 34.1 Å². The summed E-state index contributed by atoms with van der Waals surface area (Å²) in [7, 11) is 0. The van der Waals surface area contributed by atoms with E-state index in [4.69, 9.17) is 4.74 Å². The molecule has 1 heterocycles. The number of nitrogens with zero attached hydrogens (tertiary/aromatic N) is 1. The number of hydrogen-bond acceptors (Lipinski definition) is 3. The van der Waals surface area contributed by atoms with Gasteiger partial charge in [-0.2, -0.15) is 0 Å². The Labute approximate surface area is 126 Å². The van der Waals surface area contributed by atoms with Crippen molar-refractivity contribution < 1.29 is 4.74 Å². The van der Waals surface area contributed by atoms with Crippen molar-refractivity contribution in [2.75, 3.05) is 6.54 Å². The van der Waals surface area contributed by atoms with Crippen molar-refractivity contribution in [3.05, 3.63) is 36.5 Å². The van der Waals surface area contributed by atoms with Crippen LogP contribution in [0.15, 0.2) is 36.5 Å². The fourth-order valence-electron chi connectivity index (χ4n) is 3.14. The fourth-order valence-corrected chi connectivity index (χ4v) is 3.14. The smallest absolute Gasteiger partial charge is 0.145 e. The van der Waals surface area contributed by atoms with Gasteiger partial charge in [0.25, 0.3) is 0 Å². The van der Waals surface area contributed by atoms with E-state index in [-0.39, 0.29) is 0 Å². The largest absolute Gasteiger partial charge is 0.488 e. The highest BCUT2D eigenvalue weighted by molar-refractivity contribution is 5.84. The standard InChI is InChI=1S/C18H24N2O/c1-2-11-19-15-8-4-9-16(13-15)21-17-10-3-6-14-7-5-12-20-18(14)17/h3,5-7,10,12,15-16,19H,2,4,8-9,11,13H2,1H3. The molecule has 2 aromatic rings. The Morgan fingerprint density at radius 2 is 2.14 bits per heavy atom. The minimum Gasteiger partial charge on any atom is -0.488 e. The summed E-state index contributed by atoms with van der Waals surface area (Å²) in [6.45, 7) is 3.32. The van der Waals surface area contributed by atoms with E-state index in [1.54, 1.807) is 0 Å². The zero-order valence-corrected chi connectivity index (χ0v) is 12.7. The van der Waals surface area contributed by atoms with Crippen LogP contribution in [0, 0.1) is 0 Å². The quantitative estimate of drug-likeness (QED) is 0.903. The minimum absolute atomic E-state index is 0.306. The van der Waals surface area contributed by atoms with Gasteiger partial charge in [-0.05, 0) is 50.8 Å². The second-order valence-corrected chi connectivity index (χ2v) is 5.89. The first-order valence-electron chi connectivity index (χ1n) is 8.10. The normalized spacial score (nSPS) is 22.3. The summed E-state index contributed by atoms with van der Waals surface area (Å²) >= 11 is 0. The van der Waals surface area contributed by atoms with E-state index in [0.29, 0.717) is 12.1 Å². The van der Waals surface area contributed by atoms with Crippen LogP contribution in [0.1, 0.15) is 39.0 Å². The number of aromatic nitrogens is 1. The molecule has 1 aromatic heterocycles. The van der Waals surface area contributed by atoms with Crippen LogP contribution in [0.25, 0.3) is 10.9 Å². The summed E-state index contributed by atoms with van der Waals surface area (Å²) < 4.78 is 6.28. The van der Waals surface area contributed by atoms with Crippen LogP contribution in [-0.4, -0.2) is 23.7 Å². The number of rotatable bonds is 5. The maximum Gasteiger partial charge on any atom is 0.145 e. The van der Waals surface area contributed by atoms with Gasteiger partial charge in [0.05, 0.1) is 0 Å². The maximum absolute atomic E-state index is 6.28. The van der Waals surface area contributed by atoms with E-state index in [1.165, 1.54) is 19.3 Å². The molecule has 1 saturated carbocycles. The molecule has 0 aliphatic heterocycles. The number of benzene rings is 1. The number of pyridine rings is 1. The van der Waals surface area contributed by atoms with E-state index in [1.807, 2.05) is 18.3 Å². The van der Waals surface area contributed by atoms with E-state index >= 15 is 0 Å². The van der Waals surface area contributed by atoms with Crippen molar-refractivity contribution in [2.45, 2.75) is 51.2 Å². The van der Waals surface area contributed by atoms with E-state index in [2.05, 4.69) is 35.4 Å². The highest BCUT2D eigenvalue weighted by Crippen LogP contribution is 2.28. The number of nitrogens with one attached hydrogen (secondary N) is 1. The summed E-state index contributed by atoms with van der Waals surface area (Å²) in [4.78, 5) is 4.47. The first kappa shape index (κ1) is 14.3. The highest BCUT2D eigenvalue weighted by atomic mass is 16.5. The van der Waals surface area contributed by atoms with Crippen molar-refractivity contribution in [2.24, 2.45) is 0 Å². The zero-order valence-electron chi connectivity index (χ0n) is 12.7. The van der Waals surface area contributed by atoms with Crippen LogP contribution < -0.4 is 10.1 Å². The van der Waals surface area contributed by atoms with Crippen LogP contribution in [0.5, 0.6) is 5.75 Å². The number of hydrogen-bond donors (Lipinski definition) is 1. The third-order valence-corrected chi connectivity index (χ3v) is 4.20. The second-order valence-electron chi connectivity index (χ2n) is 5.89. The van der Waals surface area contributed by atoms with Crippen LogP contribution in [-0.2, 0) is 0 Å². The zero-order chi connectivity index (χ0) is 14.5. The van der Waals surface area contributed by atoms with Gasteiger partial charge in [0.2, 0.25) is 0 Å². The molecule has 1 aliphatic carbocycles. The van der Waals surface area contributed by atoms with Crippen LogP contribution >= 0.6 is 0 Å². The molecular weight excluding hydrogens is 260 g/mol. The second kappa shape index (κ2) is 6.90. The van der Waals surface area contributed by atoms with Crippen molar-refractivity contribution in [1.82, 2.24) is 10.3 Å². The molecule has 112 valence electrons. The molecule has 2 atom stereocenters.